The van der Waals surface area contributed by atoms with E-state index in [-0.39, 0.29) is 53.0 Å². The van der Waals surface area contributed by atoms with Crippen molar-refractivity contribution in [3.05, 3.63) is 87.8 Å². The van der Waals surface area contributed by atoms with Gasteiger partial charge in [-0.1, -0.05) is 47.5 Å². The van der Waals surface area contributed by atoms with Crippen LogP contribution in [0.2, 0.25) is 10.0 Å². The van der Waals surface area contributed by atoms with Gasteiger partial charge in [0.15, 0.2) is 12.1 Å². The molecule has 2 aromatic carbocycles. The molecule has 4 aromatic rings. The van der Waals surface area contributed by atoms with Crippen LogP contribution < -0.4 is 15.4 Å². The van der Waals surface area contributed by atoms with Crippen LogP contribution in [0.1, 0.15) is 49.5 Å². The van der Waals surface area contributed by atoms with E-state index >= 15 is 0 Å². The van der Waals surface area contributed by atoms with E-state index in [0.717, 1.165) is 0 Å². The van der Waals surface area contributed by atoms with E-state index in [2.05, 4.69) is 15.6 Å². The number of benzene rings is 2. The summed E-state index contributed by atoms with van der Waals surface area (Å²) >= 11 is 13.7. The first-order valence-electron chi connectivity index (χ1n) is 15.1. The number of pyridine rings is 2. The average molecular weight is 695 g/mol. The van der Waals surface area contributed by atoms with Gasteiger partial charge in [-0.2, -0.15) is 0 Å². The molecule has 1 atom stereocenters. The number of hydrogen-bond acceptors (Lipinski definition) is 8. The van der Waals surface area contributed by atoms with Gasteiger partial charge in [0, 0.05) is 47.5 Å². The predicted octanol–water partition coefficient (Wildman–Crippen LogP) is 7.84. The molecule has 0 saturated carbocycles. The molecule has 10 nitrogen and oxygen atoms in total. The maximum Gasteiger partial charge on any atom is 0.410 e. The third kappa shape index (κ3) is 7.86. The van der Waals surface area contributed by atoms with Gasteiger partial charge in [-0.25, -0.2) is 19.2 Å². The Morgan fingerprint density at radius 1 is 1.08 bits per heavy atom. The standard InChI is InChI=1S/C35H34Cl2FN5O5/c1-35(2,3)48-34(46)43(18-22-12-14-28(45)40-22)17-20-11-13-26(42-33(20)47-4)25-9-6-8-23(29(25)36)24-15-16-39-32(30(24)37)41-27-10-5-7-21(19-44)31(27)38/h5-11,13,15-16,19,22H,12,14,17-18H2,1-4H3,(H,39,41)(H,40,45)/t22-/m0/s1. The lowest BCUT2D eigenvalue weighted by Crippen LogP contribution is -2.43. The van der Waals surface area contributed by atoms with Gasteiger partial charge >= 0.3 is 6.09 Å². The summed E-state index contributed by atoms with van der Waals surface area (Å²) < 4.78 is 26.1. The lowest BCUT2D eigenvalue weighted by molar-refractivity contribution is -0.119. The van der Waals surface area contributed by atoms with Crippen LogP contribution in [-0.4, -0.2) is 58.5 Å². The number of halogens is 3. The van der Waals surface area contributed by atoms with E-state index in [1.807, 2.05) is 0 Å². The number of anilines is 2. The number of ether oxygens (including phenoxy) is 2. The summed E-state index contributed by atoms with van der Waals surface area (Å²) in [6, 6.07) is 14.9. The van der Waals surface area contributed by atoms with Crippen molar-refractivity contribution in [3.8, 4) is 28.3 Å². The molecular formula is C35H34Cl2FN5O5. The fourth-order valence-corrected chi connectivity index (χ4v) is 5.86. The van der Waals surface area contributed by atoms with Crippen molar-refractivity contribution in [2.45, 2.75) is 51.8 Å². The van der Waals surface area contributed by atoms with Crippen LogP contribution in [0.5, 0.6) is 5.88 Å². The number of hydrogen-bond donors (Lipinski definition) is 2. The molecule has 1 aliphatic heterocycles. The molecule has 0 aliphatic carbocycles. The molecule has 0 unspecified atom stereocenters. The Bertz CT molecular complexity index is 1870. The zero-order valence-electron chi connectivity index (χ0n) is 26.8. The van der Waals surface area contributed by atoms with E-state index in [0.29, 0.717) is 52.1 Å². The third-order valence-electron chi connectivity index (χ3n) is 7.53. The highest BCUT2D eigenvalue weighted by molar-refractivity contribution is 6.39. The van der Waals surface area contributed by atoms with Crippen LogP contribution >= 0.6 is 23.2 Å². The number of amides is 2. The van der Waals surface area contributed by atoms with Crippen LogP contribution in [0.4, 0.5) is 20.7 Å². The molecule has 13 heteroatoms. The number of methoxy groups -OCH3 is 1. The van der Waals surface area contributed by atoms with Gasteiger partial charge in [-0.05, 0) is 57.5 Å². The number of rotatable bonds is 10. The summed E-state index contributed by atoms with van der Waals surface area (Å²) in [5.74, 6) is -0.316. The van der Waals surface area contributed by atoms with Crippen LogP contribution in [0, 0.1) is 5.82 Å². The highest BCUT2D eigenvalue weighted by Crippen LogP contribution is 2.41. The van der Waals surface area contributed by atoms with E-state index in [1.54, 1.807) is 63.2 Å². The lowest BCUT2D eigenvalue weighted by Gasteiger charge is -2.29. The Kier molecular flexibility index (Phi) is 10.5. The maximum atomic E-state index is 14.7. The summed E-state index contributed by atoms with van der Waals surface area (Å²) in [5.41, 5.74) is 2.05. The van der Waals surface area contributed by atoms with Gasteiger partial charge in [0.05, 0.1) is 40.6 Å². The van der Waals surface area contributed by atoms with Gasteiger partial charge in [0.25, 0.3) is 0 Å². The first-order chi connectivity index (χ1) is 22.9. The van der Waals surface area contributed by atoms with E-state index < -0.39 is 17.5 Å². The average Bonchev–Trinajstić information content (AvgIpc) is 3.46. The molecule has 3 heterocycles. The van der Waals surface area contributed by atoms with Crippen molar-refractivity contribution in [3.63, 3.8) is 0 Å². The quantitative estimate of drug-likeness (QED) is 0.161. The number of aromatic nitrogens is 2. The molecule has 48 heavy (non-hydrogen) atoms. The monoisotopic (exact) mass is 693 g/mol. The highest BCUT2D eigenvalue weighted by Gasteiger charge is 2.29. The van der Waals surface area contributed by atoms with Crippen molar-refractivity contribution in [1.82, 2.24) is 20.2 Å². The molecule has 2 aromatic heterocycles. The number of nitrogens with one attached hydrogen (secondary N) is 2. The van der Waals surface area contributed by atoms with Crippen LogP contribution in [0.3, 0.4) is 0 Å². The number of carbonyl (C=O) groups excluding carboxylic acids is 3. The smallest absolute Gasteiger partial charge is 0.410 e. The normalized spacial score (nSPS) is 14.3. The number of carbonyl (C=O) groups is 3. The Morgan fingerprint density at radius 3 is 2.50 bits per heavy atom. The molecule has 2 amide bonds. The van der Waals surface area contributed by atoms with Gasteiger partial charge in [0.2, 0.25) is 11.8 Å². The van der Waals surface area contributed by atoms with Crippen molar-refractivity contribution in [1.29, 1.82) is 0 Å². The second-order valence-electron chi connectivity index (χ2n) is 12.2. The molecule has 1 saturated heterocycles. The SMILES string of the molecule is COc1nc(-c2cccc(-c3ccnc(Nc4cccc(C=O)c4F)c3Cl)c2Cl)ccc1CN(C[C@@H]1CCC(=O)N1)C(=O)OC(C)(C)C. The predicted molar refractivity (Wildman–Crippen MR) is 182 cm³/mol. The molecular weight excluding hydrogens is 660 g/mol. The number of aldehydes is 1. The van der Waals surface area contributed by atoms with Gasteiger partial charge in [0.1, 0.15) is 11.4 Å². The first kappa shape index (κ1) is 34.6. The molecule has 1 fully saturated rings. The topological polar surface area (TPSA) is 123 Å². The van der Waals surface area contributed by atoms with Gasteiger partial charge in [-0.15, -0.1) is 0 Å². The zero-order chi connectivity index (χ0) is 34.6. The van der Waals surface area contributed by atoms with Gasteiger partial charge < -0.3 is 25.0 Å². The minimum atomic E-state index is -0.723. The zero-order valence-corrected chi connectivity index (χ0v) is 28.3. The first-order valence-corrected chi connectivity index (χ1v) is 15.9. The minimum Gasteiger partial charge on any atom is -0.481 e. The molecule has 0 spiro atoms. The molecule has 1 aliphatic rings. The van der Waals surface area contributed by atoms with E-state index in [1.165, 1.54) is 30.3 Å². The Balaban J connectivity index is 1.44. The summed E-state index contributed by atoms with van der Waals surface area (Å²) in [6.45, 7) is 5.76. The molecule has 5 rings (SSSR count). The molecule has 0 radical (unpaired) electrons. The van der Waals surface area contributed by atoms with Crippen LogP contribution in [0.25, 0.3) is 22.4 Å². The van der Waals surface area contributed by atoms with Crippen LogP contribution in [-0.2, 0) is 16.1 Å². The summed E-state index contributed by atoms with van der Waals surface area (Å²) in [4.78, 5) is 46.8. The van der Waals surface area contributed by atoms with E-state index in [9.17, 15) is 18.8 Å². The largest absolute Gasteiger partial charge is 0.481 e. The Hall–Kier alpha value is -4.74. The maximum absolute atomic E-state index is 14.7. The van der Waals surface area contributed by atoms with Crippen LogP contribution in [0.15, 0.2) is 60.8 Å². The second kappa shape index (κ2) is 14.6. The van der Waals surface area contributed by atoms with Crippen molar-refractivity contribution < 1.29 is 28.2 Å². The van der Waals surface area contributed by atoms with Crippen molar-refractivity contribution in [2.75, 3.05) is 19.0 Å². The van der Waals surface area contributed by atoms with Crippen molar-refractivity contribution >= 4 is 53.0 Å². The van der Waals surface area contributed by atoms with Crippen molar-refractivity contribution in [2.24, 2.45) is 0 Å². The number of nitrogens with zero attached hydrogens (tertiary/aromatic N) is 3. The molecule has 250 valence electrons. The van der Waals surface area contributed by atoms with Gasteiger partial charge in [-0.3, -0.25) is 9.59 Å². The fourth-order valence-electron chi connectivity index (χ4n) is 5.27. The Morgan fingerprint density at radius 2 is 1.81 bits per heavy atom. The molecule has 2 N–H and O–H groups in total. The minimum absolute atomic E-state index is 0.0422. The Labute approximate surface area is 287 Å². The highest BCUT2D eigenvalue weighted by atomic mass is 35.5. The molecule has 0 bridgehead atoms. The summed E-state index contributed by atoms with van der Waals surface area (Å²) in [7, 11) is 1.49. The fraction of sp³-hybridized carbons (Fsp3) is 0.286. The second-order valence-corrected chi connectivity index (χ2v) is 12.9. The van der Waals surface area contributed by atoms with E-state index in [4.69, 9.17) is 37.7 Å². The lowest BCUT2D eigenvalue weighted by atomic mass is 10.0. The summed E-state index contributed by atoms with van der Waals surface area (Å²) in [6.07, 6.45) is 2.44. The third-order valence-corrected chi connectivity index (χ3v) is 8.32. The summed E-state index contributed by atoms with van der Waals surface area (Å²) in [5, 5.41) is 6.30.